The van der Waals surface area contributed by atoms with Crippen molar-refractivity contribution < 1.29 is 9.90 Å². The fourth-order valence-electron chi connectivity index (χ4n) is 9.63. The Morgan fingerprint density at radius 1 is 1.07 bits per heavy atom. The lowest BCUT2D eigenvalue weighted by Crippen LogP contribution is -2.50. The molecule has 1 aromatic rings. The molecule has 0 radical (unpaired) electrons. The zero-order chi connectivity index (χ0) is 28.9. The Morgan fingerprint density at radius 3 is 2.58 bits per heavy atom. The highest BCUT2D eigenvalue weighted by Gasteiger charge is 2.59. The van der Waals surface area contributed by atoms with E-state index in [2.05, 4.69) is 46.0 Å². The third-order valence-corrected chi connectivity index (χ3v) is 11.8. The molecule has 0 heterocycles. The fraction of sp³-hybridized carbons (Fsp3) is 0.722. The van der Waals surface area contributed by atoms with Gasteiger partial charge in [-0.05, 0) is 109 Å². The van der Waals surface area contributed by atoms with Gasteiger partial charge in [0.25, 0.3) is 0 Å². The highest BCUT2D eigenvalue weighted by Crippen LogP contribution is 2.67. The Balaban J connectivity index is 0.000000259. The van der Waals surface area contributed by atoms with Crippen molar-refractivity contribution in [2.45, 2.75) is 118 Å². The largest absolute Gasteiger partial charge is 0.393 e. The third-order valence-electron chi connectivity index (χ3n) is 11.8. The zero-order valence-corrected chi connectivity index (χ0v) is 25.8. The number of nitrogens with zero attached hydrogens (tertiary/aromatic N) is 1. The van der Waals surface area contributed by atoms with Gasteiger partial charge in [-0.1, -0.05) is 83.7 Å². The van der Waals surface area contributed by atoms with E-state index in [9.17, 15) is 9.90 Å². The predicted octanol–water partition coefficient (Wildman–Crippen LogP) is 8.71. The van der Waals surface area contributed by atoms with E-state index in [1.165, 1.54) is 57.8 Å². The number of hydrogen-bond donors (Lipinski definition) is 2. The van der Waals surface area contributed by atoms with Gasteiger partial charge in [0.15, 0.2) is 0 Å². The van der Waals surface area contributed by atoms with Crippen LogP contribution in [0, 0.1) is 57.7 Å². The number of allylic oxidation sites excluding steroid dienone is 1. The molecule has 0 aliphatic heterocycles. The molecule has 0 aromatic heterocycles. The standard InChI is InChI=1S/C27H46O.C9H8N2O/c1-18(2)7-6-8-19(3)23-11-12-24-22-10-9-20-17-21(28)13-15-26(20,4)25(22)14-16-27(23,24)5;10-6-5-8-3-1-2-4-9(8)11-7-12/h9,18-19,21-25,28H,6-8,10-17H2,1-5H3;1-4,7H,5H2,(H,11,12)/t19?,21-,22-,23+,24-,25-,26-,27+;/m0./s1. The Labute approximate surface area is 244 Å². The van der Waals surface area contributed by atoms with E-state index in [0.717, 1.165) is 53.9 Å². The van der Waals surface area contributed by atoms with Crippen LogP contribution in [0.25, 0.3) is 0 Å². The van der Waals surface area contributed by atoms with Crippen molar-refractivity contribution in [3.63, 3.8) is 0 Å². The lowest BCUT2D eigenvalue weighted by Gasteiger charge is -2.58. The number of rotatable bonds is 8. The van der Waals surface area contributed by atoms with E-state index in [-0.39, 0.29) is 6.10 Å². The molecule has 0 saturated heterocycles. The SMILES string of the molecule is CC(C)CCCC(C)[C@H]1CC[C@H]2[C@@H]3CC=C4C[C@@H](O)CC[C@]4(C)[C@H]3CC[C@]12C.N#CCc1ccccc1NC=O. The second-order valence-corrected chi connectivity index (χ2v) is 14.4. The van der Waals surface area contributed by atoms with Gasteiger partial charge >= 0.3 is 0 Å². The normalized spacial score (nSPS) is 35.1. The summed E-state index contributed by atoms with van der Waals surface area (Å²) in [6.07, 6.45) is 18.1. The molecule has 2 N–H and O–H groups in total. The molecule has 1 amide bonds. The molecule has 220 valence electrons. The summed E-state index contributed by atoms with van der Waals surface area (Å²) < 4.78 is 0. The van der Waals surface area contributed by atoms with Gasteiger partial charge in [-0.2, -0.15) is 5.26 Å². The average Bonchev–Trinajstić information content (AvgIpc) is 3.28. The number of carbonyl (C=O) groups is 1. The maximum Gasteiger partial charge on any atom is 0.211 e. The van der Waals surface area contributed by atoms with Crippen LogP contribution in [0.3, 0.4) is 0 Å². The second kappa shape index (κ2) is 13.2. The van der Waals surface area contributed by atoms with Gasteiger partial charge in [0, 0.05) is 5.69 Å². The zero-order valence-electron chi connectivity index (χ0n) is 25.8. The summed E-state index contributed by atoms with van der Waals surface area (Å²) in [5.74, 6) is 5.46. The molecule has 1 unspecified atom stereocenters. The Bertz CT molecular complexity index is 1070. The van der Waals surface area contributed by atoms with Crippen LogP contribution in [0.2, 0.25) is 0 Å². The van der Waals surface area contributed by atoms with Crippen LogP contribution in [0.1, 0.15) is 111 Å². The highest BCUT2D eigenvalue weighted by molar-refractivity contribution is 5.73. The molecular formula is C36H54N2O2. The van der Waals surface area contributed by atoms with Gasteiger partial charge in [-0.3, -0.25) is 4.79 Å². The molecule has 1 aromatic carbocycles. The monoisotopic (exact) mass is 546 g/mol. The van der Waals surface area contributed by atoms with Crippen molar-refractivity contribution in [3.8, 4) is 6.07 Å². The number of carbonyl (C=O) groups excluding carboxylic acids is 1. The van der Waals surface area contributed by atoms with E-state index in [1.807, 2.05) is 24.3 Å². The minimum atomic E-state index is -0.0766. The Morgan fingerprint density at radius 2 is 1.85 bits per heavy atom. The maximum atomic E-state index is 10.2. The first-order valence-electron chi connectivity index (χ1n) is 16.2. The fourth-order valence-corrected chi connectivity index (χ4v) is 9.63. The van der Waals surface area contributed by atoms with Crippen LogP contribution in [-0.4, -0.2) is 17.6 Å². The maximum absolute atomic E-state index is 10.2. The van der Waals surface area contributed by atoms with Crippen molar-refractivity contribution >= 4 is 12.1 Å². The molecule has 5 rings (SSSR count). The second-order valence-electron chi connectivity index (χ2n) is 14.4. The van der Waals surface area contributed by atoms with Crippen LogP contribution in [0.5, 0.6) is 0 Å². The van der Waals surface area contributed by atoms with Crippen molar-refractivity contribution in [3.05, 3.63) is 41.5 Å². The van der Waals surface area contributed by atoms with Crippen LogP contribution in [0.15, 0.2) is 35.9 Å². The van der Waals surface area contributed by atoms with E-state index in [0.29, 0.717) is 29.3 Å². The van der Waals surface area contributed by atoms with Crippen molar-refractivity contribution in [1.82, 2.24) is 0 Å². The van der Waals surface area contributed by atoms with Crippen molar-refractivity contribution in [2.75, 3.05) is 5.32 Å². The number of aliphatic hydroxyl groups excluding tert-OH is 1. The molecule has 40 heavy (non-hydrogen) atoms. The van der Waals surface area contributed by atoms with Gasteiger partial charge in [-0.15, -0.1) is 0 Å². The van der Waals surface area contributed by atoms with Crippen LogP contribution >= 0.6 is 0 Å². The van der Waals surface area contributed by atoms with Crippen LogP contribution in [-0.2, 0) is 11.2 Å². The molecular weight excluding hydrogens is 492 g/mol. The van der Waals surface area contributed by atoms with Crippen LogP contribution < -0.4 is 5.32 Å². The molecule has 4 aliphatic rings. The molecule has 3 saturated carbocycles. The van der Waals surface area contributed by atoms with Gasteiger partial charge < -0.3 is 10.4 Å². The summed E-state index contributed by atoms with van der Waals surface area (Å²) in [5, 5.41) is 21.2. The smallest absolute Gasteiger partial charge is 0.211 e. The number of anilines is 1. The number of nitriles is 1. The summed E-state index contributed by atoms with van der Waals surface area (Å²) >= 11 is 0. The summed E-state index contributed by atoms with van der Waals surface area (Å²) in [5.41, 5.74) is 4.15. The van der Waals surface area contributed by atoms with E-state index >= 15 is 0 Å². The summed E-state index contributed by atoms with van der Waals surface area (Å²) in [6.45, 7) is 12.6. The quantitative estimate of drug-likeness (QED) is 0.253. The topological polar surface area (TPSA) is 73.1 Å². The summed E-state index contributed by atoms with van der Waals surface area (Å²) in [4.78, 5) is 10.1. The minimum Gasteiger partial charge on any atom is -0.393 e. The molecule has 0 spiro atoms. The Kier molecular flexibility index (Phi) is 10.2. The van der Waals surface area contributed by atoms with Gasteiger partial charge in [0.2, 0.25) is 6.41 Å². The minimum absolute atomic E-state index is 0.0766. The number of fused-ring (bicyclic) bond motifs is 5. The Hall–Kier alpha value is -2.12. The van der Waals surface area contributed by atoms with Crippen molar-refractivity contribution in [1.29, 1.82) is 5.26 Å². The first kappa shape index (κ1) is 30.8. The number of nitrogens with one attached hydrogen (secondary N) is 1. The summed E-state index contributed by atoms with van der Waals surface area (Å²) in [6, 6.07) is 9.25. The van der Waals surface area contributed by atoms with Gasteiger partial charge in [0.1, 0.15) is 0 Å². The number of benzene rings is 1. The molecule has 0 bridgehead atoms. The van der Waals surface area contributed by atoms with Crippen LogP contribution in [0.4, 0.5) is 5.69 Å². The van der Waals surface area contributed by atoms with Gasteiger partial charge in [0.05, 0.1) is 18.6 Å². The third kappa shape index (κ3) is 6.35. The number of hydrogen-bond acceptors (Lipinski definition) is 3. The predicted molar refractivity (Wildman–Crippen MR) is 164 cm³/mol. The van der Waals surface area contributed by atoms with E-state index in [1.54, 1.807) is 11.6 Å². The number of aliphatic hydroxyl groups is 1. The van der Waals surface area contributed by atoms with E-state index in [4.69, 9.17) is 5.26 Å². The number of amides is 1. The summed E-state index contributed by atoms with van der Waals surface area (Å²) in [7, 11) is 0. The first-order valence-corrected chi connectivity index (χ1v) is 16.2. The molecule has 4 aliphatic carbocycles. The highest BCUT2D eigenvalue weighted by atomic mass is 16.3. The van der Waals surface area contributed by atoms with E-state index < -0.39 is 0 Å². The molecule has 8 atom stereocenters. The lowest BCUT2D eigenvalue weighted by molar-refractivity contribution is -0.105. The van der Waals surface area contributed by atoms with Gasteiger partial charge in [-0.25, -0.2) is 0 Å². The first-order chi connectivity index (χ1) is 19.1. The number of para-hydroxylation sites is 1. The lowest BCUT2D eigenvalue weighted by atomic mass is 9.47. The molecule has 3 fully saturated rings. The average molecular weight is 547 g/mol. The molecule has 4 nitrogen and oxygen atoms in total. The molecule has 4 heteroatoms. The van der Waals surface area contributed by atoms with Crippen molar-refractivity contribution in [2.24, 2.45) is 46.3 Å².